The molecule has 0 spiro atoms. The molecule has 0 radical (unpaired) electrons. The van der Waals surface area contributed by atoms with Crippen LogP contribution in [0.1, 0.15) is 25.3 Å². The number of hydrogen-bond acceptors (Lipinski definition) is 5. The van der Waals surface area contributed by atoms with E-state index in [0.29, 0.717) is 11.9 Å². The molecule has 0 atom stereocenters. The number of benzene rings is 1. The van der Waals surface area contributed by atoms with Gasteiger partial charge in [-0.2, -0.15) is 4.98 Å². The topological polar surface area (TPSA) is 58.3 Å². The van der Waals surface area contributed by atoms with Crippen molar-refractivity contribution in [2.75, 3.05) is 43.9 Å². The maximum absolute atomic E-state index is 5.95. The second-order valence-corrected chi connectivity index (χ2v) is 6.54. The normalized spacial score (nSPS) is 16.1. The Morgan fingerprint density at radius 1 is 1.00 bits per heavy atom. The molecule has 5 nitrogen and oxygen atoms in total. The molecule has 3 rings (SSSR count). The van der Waals surface area contributed by atoms with E-state index in [2.05, 4.69) is 64.9 Å². The minimum Gasteiger partial charge on any atom is -0.368 e. The van der Waals surface area contributed by atoms with Crippen molar-refractivity contribution in [1.82, 2.24) is 14.9 Å². The molecule has 1 fully saturated rings. The lowest BCUT2D eigenvalue weighted by Gasteiger charge is -2.33. The maximum atomic E-state index is 5.95. The number of piperazine rings is 1. The zero-order chi connectivity index (χ0) is 16.4. The largest absolute Gasteiger partial charge is 0.368 e. The van der Waals surface area contributed by atoms with Crippen molar-refractivity contribution in [2.45, 2.75) is 19.8 Å². The molecule has 1 aliphatic heterocycles. The van der Waals surface area contributed by atoms with Gasteiger partial charge < -0.3 is 15.5 Å². The molecule has 1 saturated heterocycles. The zero-order valence-electron chi connectivity index (χ0n) is 14.2. The van der Waals surface area contributed by atoms with Gasteiger partial charge in [0.1, 0.15) is 5.82 Å². The highest BCUT2D eigenvalue weighted by atomic mass is 15.3. The average molecular weight is 311 g/mol. The molecule has 5 heteroatoms. The lowest BCUT2D eigenvalue weighted by Crippen LogP contribution is -2.44. The highest BCUT2D eigenvalue weighted by molar-refractivity contribution is 5.65. The highest BCUT2D eigenvalue weighted by Gasteiger charge is 2.17. The van der Waals surface area contributed by atoms with Crippen LogP contribution in [0.3, 0.4) is 0 Å². The van der Waals surface area contributed by atoms with Crippen LogP contribution in [0, 0.1) is 0 Å². The number of hydrogen-bond donors (Lipinski definition) is 1. The van der Waals surface area contributed by atoms with E-state index in [9.17, 15) is 0 Å². The number of nitrogen functional groups attached to an aromatic ring is 1. The zero-order valence-corrected chi connectivity index (χ0v) is 14.2. The first-order valence-electron chi connectivity index (χ1n) is 8.21. The summed E-state index contributed by atoms with van der Waals surface area (Å²) in [5.41, 5.74) is 9.25. The SMILES string of the molecule is CC(C)c1ccc(-c2cc(N3CCN(C)CC3)nc(N)n2)cc1. The van der Waals surface area contributed by atoms with Gasteiger partial charge in [0.15, 0.2) is 0 Å². The lowest BCUT2D eigenvalue weighted by atomic mass is 10.0. The Labute approximate surface area is 138 Å². The first-order chi connectivity index (χ1) is 11.0. The number of likely N-dealkylation sites (N-methyl/N-ethyl adjacent to an activating group) is 1. The summed E-state index contributed by atoms with van der Waals surface area (Å²) in [5.74, 6) is 1.79. The smallest absolute Gasteiger partial charge is 0.222 e. The summed E-state index contributed by atoms with van der Waals surface area (Å²) in [7, 11) is 2.15. The molecule has 0 unspecified atom stereocenters. The van der Waals surface area contributed by atoms with Crippen molar-refractivity contribution in [2.24, 2.45) is 0 Å². The average Bonchev–Trinajstić information content (AvgIpc) is 2.55. The Kier molecular flexibility index (Phi) is 4.48. The molecule has 0 aliphatic carbocycles. The second kappa shape index (κ2) is 6.54. The third-order valence-electron chi connectivity index (χ3n) is 4.43. The second-order valence-electron chi connectivity index (χ2n) is 6.54. The van der Waals surface area contributed by atoms with Crippen LogP contribution in [0.25, 0.3) is 11.3 Å². The van der Waals surface area contributed by atoms with E-state index in [1.54, 1.807) is 0 Å². The van der Waals surface area contributed by atoms with Gasteiger partial charge >= 0.3 is 0 Å². The van der Waals surface area contributed by atoms with Crippen LogP contribution in [0.4, 0.5) is 11.8 Å². The molecule has 2 N–H and O–H groups in total. The molecule has 0 bridgehead atoms. The first kappa shape index (κ1) is 15.7. The van der Waals surface area contributed by atoms with Crippen molar-refractivity contribution in [3.8, 4) is 11.3 Å². The molecule has 2 heterocycles. The summed E-state index contributed by atoms with van der Waals surface area (Å²) >= 11 is 0. The quantitative estimate of drug-likeness (QED) is 0.944. The Balaban J connectivity index is 1.88. The summed E-state index contributed by atoms with van der Waals surface area (Å²) in [4.78, 5) is 13.5. The minimum absolute atomic E-state index is 0.337. The van der Waals surface area contributed by atoms with Gasteiger partial charge in [-0.15, -0.1) is 0 Å². The van der Waals surface area contributed by atoms with E-state index in [4.69, 9.17) is 5.73 Å². The van der Waals surface area contributed by atoms with Gasteiger partial charge in [-0.05, 0) is 18.5 Å². The van der Waals surface area contributed by atoms with Crippen molar-refractivity contribution < 1.29 is 0 Å². The van der Waals surface area contributed by atoms with E-state index >= 15 is 0 Å². The molecule has 122 valence electrons. The maximum Gasteiger partial charge on any atom is 0.222 e. The summed E-state index contributed by atoms with van der Waals surface area (Å²) in [5, 5.41) is 0. The van der Waals surface area contributed by atoms with E-state index in [0.717, 1.165) is 43.3 Å². The van der Waals surface area contributed by atoms with E-state index in [1.165, 1.54) is 5.56 Å². The number of rotatable bonds is 3. The van der Waals surface area contributed by atoms with E-state index < -0.39 is 0 Å². The third-order valence-corrected chi connectivity index (χ3v) is 4.43. The highest BCUT2D eigenvalue weighted by Crippen LogP contribution is 2.25. The molecule has 0 saturated carbocycles. The van der Waals surface area contributed by atoms with Gasteiger partial charge in [0.2, 0.25) is 5.95 Å². The fraction of sp³-hybridized carbons (Fsp3) is 0.444. The van der Waals surface area contributed by atoms with Crippen LogP contribution in [0.2, 0.25) is 0 Å². The van der Waals surface area contributed by atoms with Crippen molar-refractivity contribution in [3.63, 3.8) is 0 Å². The Morgan fingerprint density at radius 3 is 2.26 bits per heavy atom. The molecule has 2 aromatic rings. The Bertz CT molecular complexity index is 658. The molecule has 1 aliphatic rings. The molecular formula is C18H25N5. The number of anilines is 2. The molecular weight excluding hydrogens is 286 g/mol. The summed E-state index contributed by atoms with van der Waals surface area (Å²) < 4.78 is 0. The third kappa shape index (κ3) is 3.62. The summed E-state index contributed by atoms with van der Waals surface area (Å²) in [6, 6.07) is 10.6. The lowest BCUT2D eigenvalue weighted by molar-refractivity contribution is 0.312. The number of nitrogens with two attached hydrogens (primary N) is 1. The summed E-state index contributed by atoms with van der Waals surface area (Å²) in [6.07, 6.45) is 0. The van der Waals surface area contributed by atoms with Crippen LogP contribution in [-0.4, -0.2) is 48.1 Å². The fourth-order valence-electron chi connectivity index (χ4n) is 2.84. The van der Waals surface area contributed by atoms with Crippen molar-refractivity contribution in [3.05, 3.63) is 35.9 Å². The molecule has 0 amide bonds. The van der Waals surface area contributed by atoms with Crippen LogP contribution < -0.4 is 10.6 Å². The predicted molar refractivity (Wildman–Crippen MR) is 95.7 cm³/mol. The van der Waals surface area contributed by atoms with Crippen molar-refractivity contribution in [1.29, 1.82) is 0 Å². The van der Waals surface area contributed by atoms with Gasteiger partial charge in [-0.1, -0.05) is 38.1 Å². The van der Waals surface area contributed by atoms with Crippen LogP contribution in [-0.2, 0) is 0 Å². The molecule has 1 aromatic carbocycles. The monoisotopic (exact) mass is 311 g/mol. The van der Waals surface area contributed by atoms with E-state index in [1.807, 2.05) is 6.07 Å². The molecule has 1 aromatic heterocycles. The number of aromatic nitrogens is 2. The van der Waals surface area contributed by atoms with Gasteiger partial charge in [-0.3, -0.25) is 0 Å². The minimum atomic E-state index is 0.337. The van der Waals surface area contributed by atoms with Crippen LogP contribution in [0.15, 0.2) is 30.3 Å². The Morgan fingerprint density at radius 2 is 1.65 bits per heavy atom. The van der Waals surface area contributed by atoms with Gasteiger partial charge in [-0.25, -0.2) is 4.98 Å². The van der Waals surface area contributed by atoms with Crippen LogP contribution >= 0.6 is 0 Å². The van der Waals surface area contributed by atoms with Crippen LogP contribution in [0.5, 0.6) is 0 Å². The predicted octanol–water partition coefficient (Wildman–Crippen LogP) is 2.60. The van der Waals surface area contributed by atoms with Gasteiger partial charge in [0.05, 0.1) is 5.69 Å². The number of nitrogens with zero attached hydrogens (tertiary/aromatic N) is 4. The summed E-state index contributed by atoms with van der Waals surface area (Å²) in [6.45, 7) is 8.42. The molecule has 23 heavy (non-hydrogen) atoms. The standard InChI is InChI=1S/C18H25N5/c1-13(2)14-4-6-15(7-5-14)16-12-17(21-18(19)20-16)23-10-8-22(3)9-11-23/h4-7,12-13H,8-11H2,1-3H3,(H2,19,20,21). The van der Waals surface area contributed by atoms with Gasteiger partial charge in [0.25, 0.3) is 0 Å². The van der Waals surface area contributed by atoms with Gasteiger partial charge in [0, 0.05) is 37.8 Å². The fourth-order valence-corrected chi connectivity index (χ4v) is 2.84. The first-order valence-corrected chi connectivity index (χ1v) is 8.21. The Hall–Kier alpha value is -2.14. The van der Waals surface area contributed by atoms with E-state index in [-0.39, 0.29) is 0 Å². The van der Waals surface area contributed by atoms with Crippen molar-refractivity contribution >= 4 is 11.8 Å².